The van der Waals surface area contributed by atoms with Gasteiger partial charge < -0.3 is 25.0 Å². The summed E-state index contributed by atoms with van der Waals surface area (Å²) in [4.78, 5) is 17.5. The Bertz CT molecular complexity index is 418. The van der Waals surface area contributed by atoms with Gasteiger partial charge in [-0.3, -0.25) is 4.79 Å². The standard InChI is InChI=1S/C17H32N4O3/c1-14(2)10-19-17(20-11-16(22)21(3)4)18-7-5-8-23-12-15-6-9-24-13-15/h15H,1,5-13H2,2-4H3,(H2,18,19,20). The van der Waals surface area contributed by atoms with Gasteiger partial charge in [0.15, 0.2) is 5.96 Å². The lowest BCUT2D eigenvalue weighted by atomic mass is 10.1. The number of ether oxygens (including phenoxy) is 2. The van der Waals surface area contributed by atoms with Crippen LogP contribution in [-0.2, 0) is 14.3 Å². The zero-order valence-electron chi connectivity index (χ0n) is 15.3. The van der Waals surface area contributed by atoms with Crippen molar-refractivity contribution in [2.75, 3.05) is 60.2 Å². The van der Waals surface area contributed by atoms with Gasteiger partial charge in [-0.15, -0.1) is 0 Å². The number of carbonyl (C=O) groups is 1. The second-order valence-corrected chi connectivity index (χ2v) is 6.35. The molecular weight excluding hydrogens is 308 g/mol. The van der Waals surface area contributed by atoms with Crippen LogP contribution in [0.15, 0.2) is 17.1 Å². The Balaban J connectivity index is 2.23. The van der Waals surface area contributed by atoms with E-state index in [-0.39, 0.29) is 12.5 Å². The topological polar surface area (TPSA) is 75.2 Å². The van der Waals surface area contributed by atoms with E-state index in [0.29, 0.717) is 25.0 Å². The smallest absolute Gasteiger partial charge is 0.243 e. The third-order valence-electron chi connectivity index (χ3n) is 3.56. The highest BCUT2D eigenvalue weighted by molar-refractivity contribution is 5.84. The van der Waals surface area contributed by atoms with Crippen LogP contribution < -0.4 is 10.6 Å². The van der Waals surface area contributed by atoms with Gasteiger partial charge in [0.05, 0.1) is 13.2 Å². The Labute approximate surface area is 145 Å². The van der Waals surface area contributed by atoms with Gasteiger partial charge in [-0.25, -0.2) is 4.99 Å². The lowest BCUT2D eigenvalue weighted by Gasteiger charge is -2.14. The first-order valence-electron chi connectivity index (χ1n) is 8.51. The molecule has 24 heavy (non-hydrogen) atoms. The molecular formula is C17H32N4O3. The minimum Gasteiger partial charge on any atom is -0.381 e. The predicted molar refractivity (Wildman–Crippen MR) is 96.2 cm³/mol. The molecule has 0 aromatic rings. The van der Waals surface area contributed by atoms with E-state index in [4.69, 9.17) is 9.47 Å². The highest BCUT2D eigenvalue weighted by atomic mass is 16.5. The van der Waals surface area contributed by atoms with E-state index in [1.165, 1.54) is 4.90 Å². The molecule has 1 aliphatic heterocycles. The maximum atomic E-state index is 11.6. The van der Waals surface area contributed by atoms with E-state index in [0.717, 1.165) is 44.8 Å². The molecule has 0 spiro atoms. The number of amides is 1. The Morgan fingerprint density at radius 3 is 2.83 bits per heavy atom. The molecule has 0 aromatic carbocycles. The molecule has 0 bridgehead atoms. The Hall–Kier alpha value is -1.60. The van der Waals surface area contributed by atoms with Gasteiger partial charge in [-0.05, 0) is 19.8 Å². The molecule has 1 atom stereocenters. The zero-order chi connectivity index (χ0) is 17.8. The van der Waals surface area contributed by atoms with Gasteiger partial charge in [0.25, 0.3) is 0 Å². The van der Waals surface area contributed by atoms with Crippen molar-refractivity contribution in [1.29, 1.82) is 0 Å². The average Bonchev–Trinajstić information content (AvgIpc) is 3.05. The van der Waals surface area contributed by atoms with Crippen LogP contribution in [0.5, 0.6) is 0 Å². The number of hydrogen-bond donors (Lipinski definition) is 2. The monoisotopic (exact) mass is 340 g/mol. The number of nitrogens with zero attached hydrogens (tertiary/aromatic N) is 2. The van der Waals surface area contributed by atoms with E-state index in [2.05, 4.69) is 22.2 Å². The van der Waals surface area contributed by atoms with E-state index < -0.39 is 0 Å². The largest absolute Gasteiger partial charge is 0.381 e. The number of nitrogens with one attached hydrogen (secondary N) is 2. The number of hydrogen-bond acceptors (Lipinski definition) is 4. The van der Waals surface area contributed by atoms with Crippen LogP contribution in [0.3, 0.4) is 0 Å². The minimum absolute atomic E-state index is 0.0338. The zero-order valence-corrected chi connectivity index (χ0v) is 15.3. The Kier molecular flexibility index (Phi) is 10.1. The van der Waals surface area contributed by atoms with Crippen molar-refractivity contribution < 1.29 is 14.3 Å². The second-order valence-electron chi connectivity index (χ2n) is 6.35. The number of guanidine groups is 1. The molecule has 1 amide bonds. The molecule has 138 valence electrons. The summed E-state index contributed by atoms with van der Waals surface area (Å²) in [6, 6.07) is 0. The van der Waals surface area contributed by atoms with Crippen LogP contribution in [0.4, 0.5) is 0 Å². The van der Waals surface area contributed by atoms with Crippen molar-refractivity contribution in [3.05, 3.63) is 12.2 Å². The quantitative estimate of drug-likeness (QED) is 0.264. The molecule has 0 aromatic heterocycles. The second kappa shape index (κ2) is 11.9. The van der Waals surface area contributed by atoms with Crippen LogP contribution >= 0.6 is 0 Å². The van der Waals surface area contributed by atoms with Gasteiger partial charge in [-0.1, -0.05) is 12.2 Å². The lowest BCUT2D eigenvalue weighted by molar-refractivity contribution is -0.127. The molecule has 1 rings (SSSR count). The van der Waals surface area contributed by atoms with Crippen molar-refractivity contribution in [3.63, 3.8) is 0 Å². The number of likely N-dealkylation sites (N-methyl/N-ethyl adjacent to an activating group) is 1. The first kappa shape index (κ1) is 20.4. The Morgan fingerprint density at radius 1 is 1.42 bits per heavy atom. The molecule has 0 radical (unpaired) electrons. The molecule has 1 fully saturated rings. The van der Waals surface area contributed by atoms with E-state index in [9.17, 15) is 4.79 Å². The summed E-state index contributed by atoms with van der Waals surface area (Å²) in [5.74, 6) is 1.13. The van der Waals surface area contributed by atoms with Gasteiger partial charge >= 0.3 is 0 Å². The summed E-state index contributed by atoms with van der Waals surface area (Å²) in [5, 5.41) is 6.38. The van der Waals surface area contributed by atoms with Gasteiger partial charge in [0.2, 0.25) is 5.91 Å². The first-order chi connectivity index (χ1) is 11.5. The number of carbonyl (C=O) groups excluding carboxylic acids is 1. The minimum atomic E-state index is -0.0338. The van der Waals surface area contributed by atoms with Crippen molar-refractivity contribution in [2.24, 2.45) is 10.9 Å². The van der Waals surface area contributed by atoms with Gasteiger partial charge in [0, 0.05) is 46.3 Å². The SMILES string of the molecule is C=C(C)CNC(=NCC(=O)N(C)C)NCCCOCC1CCOC1. The summed E-state index contributed by atoms with van der Waals surface area (Å²) < 4.78 is 11.0. The van der Waals surface area contributed by atoms with E-state index in [1.807, 2.05) is 6.92 Å². The summed E-state index contributed by atoms with van der Waals surface area (Å²) in [6.45, 7) is 10.4. The lowest BCUT2D eigenvalue weighted by Crippen LogP contribution is -2.40. The molecule has 1 heterocycles. The average molecular weight is 340 g/mol. The van der Waals surface area contributed by atoms with Crippen LogP contribution in [0, 0.1) is 5.92 Å². The van der Waals surface area contributed by atoms with Crippen LogP contribution in [0.1, 0.15) is 19.8 Å². The van der Waals surface area contributed by atoms with E-state index >= 15 is 0 Å². The molecule has 7 heteroatoms. The first-order valence-corrected chi connectivity index (χ1v) is 8.51. The van der Waals surface area contributed by atoms with Crippen molar-refractivity contribution >= 4 is 11.9 Å². The molecule has 1 unspecified atom stereocenters. The number of aliphatic imine (C=N–C) groups is 1. The third kappa shape index (κ3) is 9.52. The summed E-state index contributed by atoms with van der Waals surface area (Å²) in [7, 11) is 3.44. The van der Waals surface area contributed by atoms with Gasteiger partial charge in [0.1, 0.15) is 6.54 Å². The van der Waals surface area contributed by atoms with Crippen molar-refractivity contribution in [3.8, 4) is 0 Å². The highest BCUT2D eigenvalue weighted by Crippen LogP contribution is 2.12. The van der Waals surface area contributed by atoms with Gasteiger partial charge in [-0.2, -0.15) is 0 Å². The molecule has 0 saturated carbocycles. The molecule has 1 saturated heterocycles. The molecule has 1 aliphatic rings. The fraction of sp³-hybridized carbons (Fsp3) is 0.765. The maximum absolute atomic E-state index is 11.6. The molecule has 7 nitrogen and oxygen atoms in total. The molecule has 0 aliphatic carbocycles. The summed E-state index contributed by atoms with van der Waals surface area (Å²) >= 11 is 0. The van der Waals surface area contributed by atoms with Crippen LogP contribution in [0.2, 0.25) is 0 Å². The van der Waals surface area contributed by atoms with E-state index in [1.54, 1.807) is 14.1 Å². The Morgan fingerprint density at radius 2 is 2.21 bits per heavy atom. The predicted octanol–water partition coefficient (Wildman–Crippen LogP) is 0.629. The maximum Gasteiger partial charge on any atom is 0.243 e. The molecule has 2 N–H and O–H groups in total. The summed E-state index contributed by atoms with van der Waals surface area (Å²) in [6.07, 6.45) is 1.97. The van der Waals surface area contributed by atoms with Crippen molar-refractivity contribution in [2.45, 2.75) is 19.8 Å². The van der Waals surface area contributed by atoms with Crippen molar-refractivity contribution in [1.82, 2.24) is 15.5 Å². The van der Waals surface area contributed by atoms with Crippen LogP contribution in [0.25, 0.3) is 0 Å². The normalized spacial score (nSPS) is 17.6. The fourth-order valence-corrected chi connectivity index (χ4v) is 2.04. The fourth-order valence-electron chi connectivity index (χ4n) is 2.04. The highest BCUT2D eigenvalue weighted by Gasteiger charge is 2.15. The number of rotatable bonds is 10. The van der Waals surface area contributed by atoms with Crippen LogP contribution in [-0.4, -0.2) is 76.9 Å². The third-order valence-corrected chi connectivity index (χ3v) is 3.56. The summed E-state index contributed by atoms with van der Waals surface area (Å²) in [5.41, 5.74) is 1.01.